The monoisotopic (exact) mass is 1250 g/mol. The second-order valence-electron chi connectivity index (χ2n) is 19.4. The summed E-state index contributed by atoms with van der Waals surface area (Å²) in [6, 6.07) is 66.3. The summed E-state index contributed by atoms with van der Waals surface area (Å²) in [4.78, 5) is 0. The maximum atomic E-state index is 5.42. The molecule has 0 fully saturated rings. The Kier molecular flexibility index (Phi) is 50.0. The number of para-hydroxylation sites is 8. The van der Waals surface area contributed by atoms with Crippen molar-refractivity contribution in [2.45, 2.75) is 194 Å². The first-order valence-corrected chi connectivity index (χ1v) is 35.6. The normalized spacial score (nSPS) is 13.0. The molecule has 504 valence electrons. The molecule has 0 unspecified atom stereocenters. The second-order valence-corrected chi connectivity index (χ2v) is 19.4. The van der Waals surface area contributed by atoms with Gasteiger partial charge in [0.2, 0.25) is 6.79 Å². The third-order valence-electron chi connectivity index (χ3n) is 14.1. The predicted octanol–water partition coefficient (Wildman–Crippen LogP) is 23.2. The van der Waals surface area contributed by atoms with Gasteiger partial charge in [-0.1, -0.05) is 256 Å². The van der Waals surface area contributed by atoms with Gasteiger partial charge in [0.05, 0.1) is 13.2 Å². The van der Waals surface area contributed by atoms with E-state index in [1.54, 1.807) is 22.3 Å². The minimum absolute atomic E-state index is 0.360. The maximum Gasteiger partial charge on any atom is 0.231 e. The molecule has 0 saturated carbocycles. The molecule has 6 heterocycles. The Morgan fingerprint density at radius 3 is 0.891 bits per heavy atom. The van der Waals surface area contributed by atoms with Crippen molar-refractivity contribution >= 4 is 11.4 Å². The van der Waals surface area contributed by atoms with Gasteiger partial charge in [-0.3, -0.25) is 0 Å². The Labute approximate surface area is 561 Å². The summed E-state index contributed by atoms with van der Waals surface area (Å²) in [6.07, 6.45) is 16.5. The van der Waals surface area contributed by atoms with Gasteiger partial charge in [0, 0.05) is 30.9 Å². The fourth-order valence-electron chi connectivity index (χ4n) is 10.1. The third kappa shape index (κ3) is 31.0. The molecular weight excluding hydrogens is 1130 g/mol. The van der Waals surface area contributed by atoms with Gasteiger partial charge in [-0.05, 0) is 170 Å². The average molecular weight is 1260 g/mol. The molecule has 8 aliphatic rings. The molecule has 0 radical (unpaired) electrons. The first kappa shape index (κ1) is 82.2. The van der Waals surface area contributed by atoms with E-state index < -0.39 is 0 Å². The fraction of sp³-hybridized carbons (Fsp3) is 0.429. The highest BCUT2D eigenvalue weighted by molar-refractivity contribution is 5.55. The molecular formula is C84H122N2O6. The summed E-state index contributed by atoms with van der Waals surface area (Å²) in [7, 11) is 0. The standard InChI is InChI=1S/C10H12.C9H11N.C9H10O.C9H10.C8H9N.C8H8O2.C8H8O.C7H6O2.8C2H6/c1-2-6-10-8-4-3-7-9(10)5-1;2*1-2-6-9-8(4-1)5-3-7-10-9;1-2-5-9-7-3-6-8(9)4-1;1-2-4-8-7(3-1)5-6-9-8;1-2-4-8-7(3-1)9-5-6-10-8;1-2-4-8-7(3-1)5-6-9-8;1-2-4-7-6(3-1)8-5-9-7;8*1-2/h1-2,5-6H,3-4,7-8H2;1-2,4,6,10H,3,5,7H2;1-2,4,6H,3,5,7H2;1-2,4-5H,3,6-7H2;1-4,9H,5-6H2;1-4H,5-6H2;1-4H,5-6H2;1-4H,5H2;8*1-2H3. The summed E-state index contributed by atoms with van der Waals surface area (Å²) in [6.45, 7) is 37.7. The SMILES string of the molecule is CC.CC.CC.CC.CC.CC.CC.CC.c1ccc2c(c1)CCC2.c1ccc2c(c1)CCCC2.c1ccc2c(c1)CCCN2.c1ccc2c(c1)CCCO2.c1ccc2c(c1)CCN2.c1ccc2c(c1)CCO2.c1ccc2c(c1)OCCO2.c1ccc2c(c1)OCO2. The van der Waals surface area contributed by atoms with Crippen molar-refractivity contribution in [2.24, 2.45) is 0 Å². The van der Waals surface area contributed by atoms with Crippen LogP contribution in [0.1, 0.15) is 187 Å². The van der Waals surface area contributed by atoms with Crippen molar-refractivity contribution in [1.82, 2.24) is 0 Å². The average Bonchev–Trinajstić information content (AvgIpc) is 4.09. The van der Waals surface area contributed by atoms with E-state index in [0.717, 1.165) is 73.6 Å². The smallest absolute Gasteiger partial charge is 0.231 e. The maximum absolute atomic E-state index is 5.42. The number of nitrogens with one attached hydrogen (secondary N) is 2. The van der Waals surface area contributed by atoms with Crippen molar-refractivity contribution in [3.05, 3.63) is 239 Å². The predicted molar refractivity (Wildman–Crippen MR) is 400 cm³/mol. The topological polar surface area (TPSA) is 79.4 Å². The summed E-state index contributed by atoms with van der Waals surface area (Å²) < 4.78 is 31.5. The van der Waals surface area contributed by atoms with Crippen LogP contribution in [0.4, 0.5) is 11.4 Å². The second kappa shape index (κ2) is 56.0. The molecule has 8 aromatic carbocycles. The van der Waals surface area contributed by atoms with Crippen molar-refractivity contribution < 1.29 is 28.4 Å². The Morgan fingerprint density at radius 1 is 0.207 bits per heavy atom. The number of rotatable bonds is 0. The molecule has 0 atom stereocenters. The third-order valence-corrected chi connectivity index (χ3v) is 14.1. The largest absolute Gasteiger partial charge is 0.493 e. The quantitative estimate of drug-likeness (QED) is 0.155. The van der Waals surface area contributed by atoms with Crippen molar-refractivity contribution in [2.75, 3.05) is 56.9 Å². The van der Waals surface area contributed by atoms with Crippen LogP contribution in [-0.2, 0) is 51.4 Å². The van der Waals surface area contributed by atoms with Crippen LogP contribution in [0.15, 0.2) is 194 Å². The lowest BCUT2D eigenvalue weighted by atomic mass is 9.92. The van der Waals surface area contributed by atoms with Crippen LogP contribution in [0.25, 0.3) is 0 Å². The summed E-state index contributed by atoms with van der Waals surface area (Å²) in [5.74, 6) is 5.55. The molecule has 2 N–H and O–H groups in total. The minimum Gasteiger partial charge on any atom is -0.493 e. The zero-order valence-electron chi connectivity index (χ0n) is 60.1. The number of ether oxygens (including phenoxy) is 6. The molecule has 2 aliphatic carbocycles. The minimum atomic E-state index is 0.360. The van der Waals surface area contributed by atoms with Crippen molar-refractivity contribution in [3.63, 3.8) is 0 Å². The van der Waals surface area contributed by atoms with Crippen LogP contribution in [0.5, 0.6) is 34.5 Å². The molecule has 8 aromatic rings. The number of benzene rings is 8. The first-order chi connectivity index (χ1) is 45.7. The van der Waals surface area contributed by atoms with Gasteiger partial charge in [-0.15, -0.1) is 0 Å². The molecule has 8 nitrogen and oxygen atoms in total. The lowest BCUT2D eigenvalue weighted by Crippen LogP contribution is -2.14. The van der Waals surface area contributed by atoms with Crippen LogP contribution < -0.4 is 39.1 Å². The molecule has 0 bridgehead atoms. The van der Waals surface area contributed by atoms with E-state index in [1.165, 1.54) is 104 Å². The van der Waals surface area contributed by atoms with Gasteiger partial charge in [-0.2, -0.15) is 0 Å². The van der Waals surface area contributed by atoms with Crippen LogP contribution in [0.2, 0.25) is 0 Å². The lowest BCUT2D eigenvalue weighted by Gasteiger charge is -2.17. The Hall–Kier alpha value is -7.84. The van der Waals surface area contributed by atoms with E-state index >= 15 is 0 Å². The number of hydrogen-bond acceptors (Lipinski definition) is 8. The Morgan fingerprint density at radius 2 is 0.489 bits per heavy atom. The van der Waals surface area contributed by atoms with E-state index in [-0.39, 0.29) is 0 Å². The molecule has 0 amide bonds. The number of fused-ring (bicyclic) bond motifs is 8. The highest BCUT2D eigenvalue weighted by atomic mass is 16.7. The van der Waals surface area contributed by atoms with Crippen LogP contribution in [-0.4, -0.2) is 46.3 Å². The highest BCUT2D eigenvalue weighted by Gasteiger charge is 2.13. The molecule has 16 rings (SSSR count). The fourth-order valence-corrected chi connectivity index (χ4v) is 10.1. The van der Waals surface area contributed by atoms with E-state index in [4.69, 9.17) is 28.4 Å². The molecule has 0 saturated heterocycles. The van der Waals surface area contributed by atoms with Gasteiger partial charge >= 0.3 is 0 Å². The van der Waals surface area contributed by atoms with Gasteiger partial charge in [-0.25, -0.2) is 0 Å². The van der Waals surface area contributed by atoms with E-state index in [0.29, 0.717) is 20.0 Å². The van der Waals surface area contributed by atoms with Crippen LogP contribution in [0.3, 0.4) is 0 Å². The van der Waals surface area contributed by atoms with Gasteiger partial charge in [0.25, 0.3) is 0 Å². The van der Waals surface area contributed by atoms with E-state index in [2.05, 4.69) is 126 Å². The first-order valence-electron chi connectivity index (χ1n) is 35.6. The number of aryl methyl sites for hydroxylation is 6. The summed E-state index contributed by atoms with van der Waals surface area (Å²) >= 11 is 0. The van der Waals surface area contributed by atoms with Gasteiger partial charge in [0.1, 0.15) is 24.7 Å². The van der Waals surface area contributed by atoms with Gasteiger partial charge < -0.3 is 39.1 Å². The van der Waals surface area contributed by atoms with Crippen LogP contribution >= 0.6 is 0 Å². The zero-order valence-corrected chi connectivity index (χ0v) is 60.1. The summed E-state index contributed by atoms with van der Waals surface area (Å²) in [5.41, 5.74) is 14.6. The number of anilines is 2. The van der Waals surface area contributed by atoms with Crippen molar-refractivity contribution in [3.8, 4) is 34.5 Å². The Balaban J connectivity index is 0.000000509. The molecule has 92 heavy (non-hydrogen) atoms. The summed E-state index contributed by atoms with van der Waals surface area (Å²) in [5, 5.41) is 6.66. The number of hydrogen-bond donors (Lipinski definition) is 2. The van der Waals surface area contributed by atoms with Crippen molar-refractivity contribution in [1.29, 1.82) is 0 Å². The zero-order chi connectivity index (χ0) is 67.7. The highest BCUT2D eigenvalue weighted by Crippen LogP contribution is 2.31. The van der Waals surface area contributed by atoms with E-state index in [1.807, 2.05) is 190 Å². The molecule has 0 aromatic heterocycles. The van der Waals surface area contributed by atoms with Gasteiger partial charge in [0.15, 0.2) is 23.0 Å². The lowest BCUT2D eigenvalue weighted by molar-refractivity contribution is 0.171. The molecule has 8 heteroatoms. The van der Waals surface area contributed by atoms with E-state index in [9.17, 15) is 0 Å². The molecule has 6 aliphatic heterocycles. The van der Waals surface area contributed by atoms with Crippen LogP contribution in [0, 0.1) is 0 Å². The Bertz CT molecular complexity index is 2410. The molecule has 0 spiro atoms.